The summed E-state index contributed by atoms with van der Waals surface area (Å²) in [7, 11) is 1.31. The maximum absolute atomic E-state index is 11.2. The summed E-state index contributed by atoms with van der Waals surface area (Å²) in [5.74, 6) is -0.440. The number of pyridine rings is 1. The second-order valence-corrected chi connectivity index (χ2v) is 3.35. The molecule has 5 heteroatoms. The maximum atomic E-state index is 11.2. The number of nitrogens with zero attached hydrogens (tertiary/aromatic N) is 1. The number of aliphatic hydroxyl groups is 1. The van der Waals surface area contributed by atoms with Crippen LogP contribution in [0.3, 0.4) is 0 Å². The third-order valence-corrected chi connectivity index (χ3v) is 2.28. The fraction of sp³-hybridized carbons (Fsp3) is 0.400. The first kappa shape index (κ1) is 11.9. The number of esters is 1. The normalized spacial score (nSPS) is 10.1. The number of hydrogen-bond donors (Lipinski definition) is 1. The minimum atomic E-state index is -0.440. The van der Waals surface area contributed by atoms with Crippen LogP contribution in [0, 0.1) is 0 Å². The molecule has 0 radical (unpaired) electrons. The fourth-order valence-electron chi connectivity index (χ4n) is 1.17. The van der Waals surface area contributed by atoms with Gasteiger partial charge < -0.3 is 9.84 Å². The molecule has 0 aromatic carbocycles. The van der Waals surface area contributed by atoms with E-state index in [-0.39, 0.29) is 6.61 Å². The van der Waals surface area contributed by atoms with Crippen LogP contribution >= 0.6 is 11.6 Å². The van der Waals surface area contributed by atoms with Gasteiger partial charge in [-0.15, -0.1) is 0 Å². The van der Waals surface area contributed by atoms with Gasteiger partial charge in [-0.3, -0.25) is 0 Å². The van der Waals surface area contributed by atoms with Gasteiger partial charge in [0.2, 0.25) is 0 Å². The number of aromatic nitrogens is 1. The van der Waals surface area contributed by atoms with Gasteiger partial charge in [0.1, 0.15) is 5.15 Å². The van der Waals surface area contributed by atoms with Crippen molar-refractivity contribution in [1.82, 2.24) is 4.98 Å². The van der Waals surface area contributed by atoms with Crippen LogP contribution in [0.25, 0.3) is 0 Å². The van der Waals surface area contributed by atoms with Crippen LogP contribution in [-0.2, 0) is 11.2 Å². The Labute approximate surface area is 92.8 Å². The molecule has 1 rings (SSSR count). The summed E-state index contributed by atoms with van der Waals surface area (Å²) in [6.07, 6.45) is 2.55. The molecule has 1 aromatic heterocycles. The number of halogens is 1. The van der Waals surface area contributed by atoms with E-state index in [1.54, 1.807) is 6.07 Å². The van der Waals surface area contributed by atoms with Gasteiger partial charge in [0, 0.05) is 12.8 Å². The molecule has 0 unspecified atom stereocenters. The SMILES string of the molecule is COC(=O)c1cnc(Cl)c(CCCO)c1. The molecule has 0 atom stereocenters. The monoisotopic (exact) mass is 229 g/mol. The van der Waals surface area contributed by atoms with Crippen LogP contribution in [0.1, 0.15) is 22.3 Å². The molecule has 4 nitrogen and oxygen atoms in total. The van der Waals surface area contributed by atoms with Gasteiger partial charge in [-0.1, -0.05) is 11.6 Å². The lowest BCUT2D eigenvalue weighted by molar-refractivity contribution is 0.0600. The van der Waals surface area contributed by atoms with Crippen molar-refractivity contribution >= 4 is 17.6 Å². The van der Waals surface area contributed by atoms with E-state index >= 15 is 0 Å². The number of rotatable bonds is 4. The Morgan fingerprint density at radius 1 is 1.67 bits per heavy atom. The Morgan fingerprint density at radius 2 is 2.40 bits per heavy atom. The fourth-order valence-corrected chi connectivity index (χ4v) is 1.37. The quantitative estimate of drug-likeness (QED) is 0.627. The van der Waals surface area contributed by atoms with E-state index in [4.69, 9.17) is 16.7 Å². The summed E-state index contributed by atoms with van der Waals surface area (Å²) in [5.41, 5.74) is 1.11. The predicted octanol–water partition coefficient (Wildman–Crippen LogP) is 1.45. The average molecular weight is 230 g/mol. The van der Waals surface area contributed by atoms with Crippen molar-refractivity contribution in [2.45, 2.75) is 12.8 Å². The molecule has 0 aliphatic heterocycles. The lowest BCUT2D eigenvalue weighted by Gasteiger charge is -2.04. The highest BCUT2D eigenvalue weighted by Crippen LogP contribution is 2.16. The molecular weight excluding hydrogens is 218 g/mol. The summed E-state index contributed by atoms with van der Waals surface area (Å²) in [6.45, 7) is 0.0821. The lowest BCUT2D eigenvalue weighted by atomic mass is 10.1. The zero-order valence-corrected chi connectivity index (χ0v) is 9.12. The van der Waals surface area contributed by atoms with E-state index in [2.05, 4.69) is 9.72 Å². The third kappa shape index (κ3) is 3.18. The summed E-state index contributed by atoms with van der Waals surface area (Å²) in [4.78, 5) is 15.1. The smallest absolute Gasteiger partial charge is 0.339 e. The molecule has 0 amide bonds. The van der Waals surface area contributed by atoms with Gasteiger partial charge in [-0.2, -0.15) is 0 Å². The number of carbonyl (C=O) groups is 1. The molecule has 15 heavy (non-hydrogen) atoms. The summed E-state index contributed by atoms with van der Waals surface area (Å²) in [5, 5.41) is 9.05. The van der Waals surface area contributed by atoms with Crippen LogP contribution in [0.15, 0.2) is 12.3 Å². The topological polar surface area (TPSA) is 59.4 Å². The summed E-state index contributed by atoms with van der Waals surface area (Å²) in [6, 6.07) is 1.64. The molecule has 82 valence electrons. The number of aryl methyl sites for hydroxylation is 1. The lowest BCUT2D eigenvalue weighted by Crippen LogP contribution is -2.04. The highest BCUT2D eigenvalue weighted by molar-refractivity contribution is 6.30. The Balaban J connectivity index is 2.89. The van der Waals surface area contributed by atoms with Crippen molar-refractivity contribution < 1.29 is 14.6 Å². The van der Waals surface area contributed by atoms with Crippen molar-refractivity contribution in [2.24, 2.45) is 0 Å². The summed E-state index contributed by atoms with van der Waals surface area (Å²) < 4.78 is 4.56. The van der Waals surface area contributed by atoms with E-state index in [9.17, 15) is 4.79 Å². The molecule has 0 bridgehead atoms. The molecule has 0 aliphatic rings. The van der Waals surface area contributed by atoms with E-state index in [1.807, 2.05) is 0 Å². The van der Waals surface area contributed by atoms with E-state index in [1.165, 1.54) is 13.3 Å². The van der Waals surface area contributed by atoms with E-state index < -0.39 is 5.97 Å². The highest BCUT2D eigenvalue weighted by Gasteiger charge is 2.09. The third-order valence-electron chi connectivity index (χ3n) is 1.94. The highest BCUT2D eigenvalue weighted by atomic mass is 35.5. The van der Waals surface area contributed by atoms with E-state index in [0.29, 0.717) is 23.6 Å². The predicted molar refractivity (Wildman–Crippen MR) is 56.0 cm³/mol. The van der Waals surface area contributed by atoms with Crippen LogP contribution in [0.5, 0.6) is 0 Å². The minimum Gasteiger partial charge on any atom is -0.465 e. The van der Waals surface area contributed by atoms with Crippen molar-refractivity contribution in [3.63, 3.8) is 0 Å². The number of hydrogen-bond acceptors (Lipinski definition) is 4. The minimum absolute atomic E-state index is 0.0821. The maximum Gasteiger partial charge on any atom is 0.339 e. The van der Waals surface area contributed by atoms with Crippen molar-refractivity contribution in [3.8, 4) is 0 Å². The average Bonchev–Trinajstić information content (AvgIpc) is 2.27. The van der Waals surface area contributed by atoms with Gasteiger partial charge >= 0.3 is 5.97 Å². The number of aliphatic hydroxyl groups excluding tert-OH is 1. The van der Waals surface area contributed by atoms with Crippen LogP contribution in [0.4, 0.5) is 0 Å². The Morgan fingerprint density at radius 3 is 3.00 bits per heavy atom. The summed E-state index contributed by atoms with van der Waals surface area (Å²) >= 11 is 5.83. The molecule has 1 aromatic rings. The first-order valence-corrected chi connectivity index (χ1v) is 4.90. The Kier molecular flexibility index (Phi) is 4.52. The van der Waals surface area contributed by atoms with E-state index in [0.717, 1.165) is 5.56 Å². The van der Waals surface area contributed by atoms with Crippen LogP contribution in [0.2, 0.25) is 5.15 Å². The van der Waals surface area contributed by atoms with Crippen molar-refractivity contribution in [1.29, 1.82) is 0 Å². The van der Waals surface area contributed by atoms with Gasteiger partial charge in [-0.05, 0) is 24.5 Å². The molecule has 0 fully saturated rings. The second kappa shape index (κ2) is 5.68. The van der Waals surface area contributed by atoms with Gasteiger partial charge in [0.05, 0.1) is 12.7 Å². The van der Waals surface area contributed by atoms with Crippen LogP contribution in [-0.4, -0.2) is 29.8 Å². The molecule has 0 saturated carbocycles. The number of methoxy groups -OCH3 is 1. The Hall–Kier alpha value is -1.13. The largest absolute Gasteiger partial charge is 0.465 e. The van der Waals surface area contributed by atoms with Crippen molar-refractivity contribution in [2.75, 3.05) is 13.7 Å². The van der Waals surface area contributed by atoms with Crippen molar-refractivity contribution in [3.05, 3.63) is 28.5 Å². The number of carbonyl (C=O) groups excluding carboxylic acids is 1. The molecule has 1 heterocycles. The van der Waals surface area contributed by atoms with Gasteiger partial charge in [0.15, 0.2) is 0 Å². The molecule has 0 saturated heterocycles. The zero-order chi connectivity index (χ0) is 11.3. The Bertz CT molecular complexity index is 355. The van der Waals surface area contributed by atoms with Gasteiger partial charge in [-0.25, -0.2) is 9.78 Å². The number of ether oxygens (including phenoxy) is 1. The zero-order valence-electron chi connectivity index (χ0n) is 8.36. The van der Waals surface area contributed by atoms with Gasteiger partial charge in [0.25, 0.3) is 0 Å². The molecular formula is C10H12ClNO3. The first-order valence-electron chi connectivity index (χ1n) is 4.52. The molecule has 0 aliphatic carbocycles. The van der Waals surface area contributed by atoms with Crippen LogP contribution < -0.4 is 0 Å². The standard InChI is InChI=1S/C10H12ClNO3/c1-15-10(14)8-5-7(3-2-4-13)9(11)12-6-8/h5-6,13H,2-4H2,1H3. The molecule has 1 N–H and O–H groups in total. The first-order chi connectivity index (χ1) is 7.19. The second-order valence-electron chi connectivity index (χ2n) is 2.99. The molecule has 0 spiro atoms.